The lowest BCUT2D eigenvalue weighted by atomic mass is 10.2. The van der Waals surface area contributed by atoms with E-state index in [1.165, 1.54) is 24.3 Å². The summed E-state index contributed by atoms with van der Waals surface area (Å²) in [5.41, 5.74) is 0. The van der Waals surface area contributed by atoms with Crippen LogP contribution in [0.4, 0.5) is 4.39 Å². The summed E-state index contributed by atoms with van der Waals surface area (Å²) in [6.45, 7) is 8.94. The maximum absolute atomic E-state index is 12.8. The molecular formula is C16H24FNO2S. The summed E-state index contributed by atoms with van der Waals surface area (Å²) in [7, 11) is 0. The first kappa shape index (κ1) is 17.8. The average molecular weight is 313 g/mol. The molecule has 0 fully saturated rings. The van der Waals surface area contributed by atoms with Crippen molar-refractivity contribution in [2.45, 2.75) is 45.0 Å². The van der Waals surface area contributed by atoms with Crippen molar-refractivity contribution >= 4 is 17.7 Å². The Kier molecular flexibility index (Phi) is 7.02. The Balaban J connectivity index is 2.41. The number of hydrogen-bond donors (Lipinski definition) is 1. The lowest BCUT2D eigenvalue weighted by Crippen LogP contribution is -2.39. The van der Waals surface area contributed by atoms with E-state index >= 15 is 0 Å². The summed E-state index contributed by atoms with van der Waals surface area (Å²) in [5, 5.41) is 2.88. The Morgan fingerprint density at radius 2 is 1.95 bits per heavy atom. The topological polar surface area (TPSA) is 38.3 Å². The lowest BCUT2D eigenvalue weighted by molar-refractivity contribution is -0.127. The van der Waals surface area contributed by atoms with Gasteiger partial charge >= 0.3 is 0 Å². The summed E-state index contributed by atoms with van der Waals surface area (Å²) in [6, 6.07) is 5.70. The zero-order valence-corrected chi connectivity index (χ0v) is 13.9. The van der Waals surface area contributed by atoms with Crippen LogP contribution in [0.15, 0.2) is 24.3 Å². The molecule has 0 aliphatic carbocycles. The third kappa shape index (κ3) is 7.37. The maximum atomic E-state index is 12.8. The number of nitrogens with one attached hydrogen (secondary N) is 1. The molecule has 0 unspecified atom stereocenters. The predicted octanol–water partition coefficient (Wildman–Crippen LogP) is 3.63. The van der Waals surface area contributed by atoms with Gasteiger partial charge in [-0.1, -0.05) is 27.7 Å². The lowest BCUT2D eigenvalue weighted by Gasteiger charge is -2.19. The number of thioether (sulfide) groups is 1. The van der Waals surface area contributed by atoms with Gasteiger partial charge in [0.25, 0.3) is 5.91 Å². The zero-order valence-electron chi connectivity index (χ0n) is 13.1. The molecule has 0 saturated heterocycles. The molecule has 3 nitrogen and oxygen atoms in total. The second kappa shape index (κ2) is 8.27. The standard InChI is InChI=1S/C16H24FNO2S/c1-5-14(20-13-8-6-12(17)7-9-13)15(19)18-10-11-21-16(2,3)4/h6-9,14H,5,10-11H2,1-4H3,(H,18,19)/t14-/m1/s1. The molecule has 0 spiro atoms. The highest BCUT2D eigenvalue weighted by Crippen LogP contribution is 2.22. The Morgan fingerprint density at radius 1 is 1.33 bits per heavy atom. The number of ether oxygens (including phenoxy) is 1. The van der Waals surface area contributed by atoms with Crippen molar-refractivity contribution in [2.75, 3.05) is 12.3 Å². The number of hydrogen-bond acceptors (Lipinski definition) is 3. The first-order chi connectivity index (χ1) is 9.81. The molecule has 0 aliphatic rings. The monoisotopic (exact) mass is 313 g/mol. The van der Waals surface area contributed by atoms with Crippen LogP contribution < -0.4 is 10.1 Å². The van der Waals surface area contributed by atoms with Crippen molar-refractivity contribution in [1.29, 1.82) is 0 Å². The zero-order chi connectivity index (χ0) is 15.9. The third-order valence-corrected chi connectivity index (χ3v) is 3.97. The van der Waals surface area contributed by atoms with Crippen molar-refractivity contribution in [3.05, 3.63) is 30.1 Å². The molecule has 21 heavy (non-hydrogen) atoms. The van der Waals surface area contributed by atoms with Gasteiger partial charge < -0.3 is 10.1 Å². The molecule has 0 radical (unpaired) electrons. The highest BCUT2D eigenvalue weighted by molar-refractivity contribution is 8.00. The van der Waals surface area contributed by atoms with Gasteiger partial charge in [-0.15, -0.1) is 0 Å². The van der Waals surface area contributed by atoms with Crippen LogP contribution in [0.5, 0.6) is 5.75 Å². The minimum Gasteiger partial charge on any atom is -0.481 e. The fourth-order valence-electron chi connectivity index (χ4n) is 1.64. The molecule has 1 N–H and O–H groups in total. The minimum atomic E-state index is -0.546. The molecule has 1 amide bonds. The molecule has 118 valence electrons. The van der Waals surface area contributed by atoms with E-state index in [2.05, 4.69) is 26.1 Å². The Bertz CT molecular complexity index is 443. The van der Waals surface area contributed by atoms with Crippen molar-refractivity contribution < 1.29 is 13.9 Å². The molecule has 1 aromatic carbocycles. The van der Waals surface area contributed by atoms with E-state index in [1.54, 1.807) is 11.8 Å². The van der Waals surface area contributed by atoms with Crippen molar-refractivity contribution in [3.8, 4) is 5.75 Å². The summed E-state index contributed by atoms with van der Waals surface area (Å²) >= 11 is 1.80. The number of halogens is 1. The first-order valence-electron chi connectivity index (χ1n) is 7.15. The maximum Gasteiger partial charge on any atom is 0.261 e. The van der Waals surface area contributed by atoms with Crippen LogP contribution in [0.3, 0.4) is 0 Å². The summed E-state index contributed by atoms with van der Waals surface area (Å²) in [5.74, 6) is 0.917. The summed E-state index contributed by atoms with van der Waals surface area (Å²) in [4.78, 5) is 12.1. The molecule has 0 aliphatic heterocycles. The van der Waals surface area contributed by atoms with E-state index in [9.17, 15) is 9.18 Å². The smallest absolute Gasteiger partial charge is 0.261 e. The van der Waals surface area contributed by atoms with E-state index in [4.69, 9.17) is 4.74 Å². The summed E-state index contributed by atoms with van der Waals surface area (Å²) in [6.07, 6.45) is 0.0189. The molecule has 5 heteroatoms. The Morgan fingerprint density at radius 3 is 2.48 bits per heavy atom. The molecule has 1 atom stereocenters. The van der Waals surface area contributed by atoms with E-state index < -0.39 is 6.10 Å². The van der Waals surface area contributed by atoms with Gasteiger partial charge in [0.2, 0.25) is 0 Å². The van der Waals surface area contributed by atoms with E-state index in [0.717, 1.165) is 5.75 Å². The highest BCUT2D eigenvalue weighted by atomic mass is 32.2. The Hall–Kier alpha value is -1.23. The normalized spacial score (nSPS) is 12.8. The fourth-order valence-corrected chi connectivity index (χ4v) is 2.46. The van der Waals surface area contributed by atoms with E-state index in [0.29, 0.717) is 18.7 Å². The number of carbonyl (C=O) groups excluding carboxylic acids is 1. The number of rotatable bonds is 7. The van der Waals surface area contributed by atoms with Crippen LogP contribution >= 0.6 is 11.8 Å². The van der Waals surface area contributed by atoms with Crippen LogP contribution in [0, 0.1) is 5.82 Å². The molecular weight excluding hydrogens is 289 g/mol. The highest BCUT2D eigenvalue weighted by Gasteiger charge is 2.18. The van der Waals surface area contributed by atoms with E-state index in [-0.39, 0.29) is 16.5 Å². The van der Waals surface area contributed by atoms with Crippen molar-refractivity contribution in [1.82, 2.24) is 5.32 Å². The molecule has 0 aromatic heterocycles. The molecule has 0 heterocycles. The second-order valence-electron chi connectivity index (χ2n) is 5.72. The SMILES string of the molecule is CC[C@@H](Oc1ccc(F)cc1)C(=O)NCCSC(C)(C)C. The van der Waals surface area contributed by atoms with Crippen LogP contribution in [0.1, 0.15) is 34.1 Å². The van der Waals surface area contributed by atoms with Gasteiger partial charge in [0.15, 0.2) is 6.10 Å². The van der Waals surface area contributed by atoms with Gasteiger partial charge in [-0.2, -0.15) is 11.8 Å². The predicted molar refractivity (Wildman–Crippen MR) is 86.3 cm³/mol. The molecule has 1 aromatic rings. The first-order valence-corrected chi connectivity index (χ1v) is 8.14. The quantitative estimate of drug-likeness (QED) is 0.781. The fraction of sp³-hybridized carbons (Fsp3) is 0.562. The molecule has 0 saturated carbocycles. The van der Waals surface area contributed by atoms with E-state index in [1.807, 2.05) is 6.92 Å². The van der Waals surface area contributed by atoms with Gasteiger partial charge in [-0.3, -0.25) is 4.79 Å². The molecule has 1 rings (SSSR count). The van der Waals surface area contributed by atoms with Gasteiger partial charge in [-0.25, -0.2) is 4.39 Å². The molecule has 0 bridgehead atoms. The number of benzene rings is 1. The van der Waals surface area contributed by atoms with Crippen LogP contribution in [0.25, 0.3) is 0 Å². The van der Waals surface area contributed by atoms with Gasteiger partial charge in [-0.05, 0) is 30.7 Å². The average Bonchev–Trinajstić information content (AvgIpc) is 2.41. The minimum absolute atomic E-state index is 0.128. The number of amides is 1. The largest absolute Gasteiger partial charge is 0.481 e. The number of carbonyl (C=O) groups is 1. The van der Waals surface area contributed by atoms with Gasteiger partial charge in [0.1, 0.15) is 11.6 Å². The Labute approximate surface area is 130 Å². The summed E-state index contributed by atoms with van der Waals surface area (Å²) < 4.78 is 18.6. The van der Waals surface area contributed by atoms with Crippen molar-refractivity contribution in [2.24, 2.45) is 0 Å². The second-order valence-corrected chi connectivity index (χ2v) is 7.64. The van der Waals surface area contributed by atoms with Gasteiger partial charge in [0.05, 0.1) is 0 Å². The van der Waals surface area contributed by atoms with Crippen LogP contribution in [-0.2, 0) is 4.79 Å². The van der Waals surface area contributed by atoms with Crippen LogP contribution in [-0.4, -0.2) is 29.1 Å². The van der Waals surface area contributed by atoms with Crippen molar-refractivity contribution in [3.63, 3.8) is 0 Å². The third-order valence-electron chi connectivity index (χ3n) is 2.69. The van der Waals surface area contributed by atoms with Gasteiger partial charge in [0, 0.05) is 17.0 Å². The van der Waals surface area contributed by atoms with Crippen LogP contribution in [0.2, 0.25) is 0 Å².